The predicted octanol–water partition coefficient (Wildman–Crippen LogP) is 8.39. The molecule has 0 heterocycles. The Morgan fingerprint density at radius 1 is 0.815 bits per heavy atom. The van der Waals surface area contributed by atoms with E-state index in [1.807, 2.05) is 0 Å². The Morgan fingerprint density at radius 3 is 1.93 bits per heavy atom. The molecule has 1 aliphatic rings. The fourth-order valence-corrected chi connectivity index (χ4v) is 4.29. The Labute approximate surface area is 162 Å². The average Bonchev–Trinajstić information content (AvgIpc) is 2.64. The maximum atomic E-state index is 12.2. The van der Waals surface area contributed by atoms with E-state index in [2.05, 4.69) is 11.7 Å². The third-order valence-corrected chi connectivity index (χ3v) is 5.90. The molecular formula is C23H35F3O. The minimum absolute atomic E-state index is 0.130. The van der Waals surface area contributed by atoms with Crippen molar-refractivity contribution < 1.29 is 17.9 Å². The minimum Gasteiger partial charge on any atom is -0.406 e. The molecule has 0 bridgehead atoms. The summed E-state index contributed by atoms with van der Waals surface area (Å²) in [4.78, 5) is 0. The van der Waals surface area contributed by atoms with Crippen molar-refractivity contribution in [3.63, 3.8) is 0 Å². The fourth-order valence-electron chi connectivity index (χ4n) is 4.29. The van der Waals surface area contributed by atoms with Gasteiger partial charge in [0.1, 0.15) is 5.75 Å². The van der Waals surface area contributed by atoms with Crippen molar-refractivity contribution in [2.45, 2.75) is 103 Å². The number of unbranched alkanes of at least 4 members (excludes halogenated alkanes) is 7. The van der Waals surface area contributed by atoms with E-state index in [0.29, 0.717) is 5.92 Å². The Bertz CT molecular complexity index is 501. The molecule has 154 valence electrons. The molecule has 1 aromatic rings. The molecule has 4 heteroatoms. The smallest absolute Gasteiger partial charge is 0.406 e. The van der Waals surface area contributed by atoms with E-state index in [4.69, 9.17) is 0 Å². The van der Waals surface area contributed by atoms with Gasteiger partial charge in [-0.2, -0.15) is 0 Å². The second-order valence-electron chi connectivity index (χ2n) is 8.10. The first-order chi connectivity index (χ1) is 13.0. The quantitative estimate of drug-likeness (QED) is 0.348. The molecule has 0 spiro atoms. The van der Waals surface area contributed by atoms with Crippen molar-refractivity contribution in [3.8, 4) is 5.75 Å². The summed E-state index contributed by atoms with van der Waals surface area (Å²) in [5.74, 6) is 1.20. The van der Waals surface area contributed by atoms with E-state index < -0.39 is 6.36 Å². The van der Waals surface area contributed by atoms with Crippen molar-refractivity contribution in [3.05, 3.63) is 29.8 Å². The Morgan fingerprint density at radius 2 is 1.37 bits per heavy atom. The van der Waals surface area contributed by atoms with Crippen molar-refractivity contribution in [2.75, 3.05) is 0 Å². The van der Waals surface area contributed by atoms with E-state index in [9.17, 15) is 13.2 Å². The van der Waals surface area contributed by atoms with Crippen LogP contribution in [-0.2, 0) is 0 Å². The lowest BCUT2D eigenvalue weighted by Gasteiger charge is -2.29. The molecule has 0 amide bonds. The summed E-state index contributed by atoms with van der Waals surface area (Å²) >= 11 is 0. The molecule has 1 nitrogen and oxygen atoms in total. The summed E-state index contributed by atoms with van der Waals surface area (Å²) in [5.41, 5.74) is 1.15. The third kappa shape index (κ3) is 9.03. The van der Waals surface area contributed by atoms with Gasteiger partial charge in [-0.1, -0.05) is 76.8 Å². The van der Waals surface area contributed by atoms with Crippen LogP contribution in [0.4, 0.5) is 13.2 Å². The third-order valence-electron chi connectivity index (χ3n) is 5.90. The van der Waals surface area contributed by atoms with Crippen molar-refractivity contribution in [1.29, 1.82) is 0 Å². The van der Waals surface area contributed by atoms with Gasteiger partial charge in [-0.25, -0.2) is 0 Å². The SMILES string of the molecule is CCCCCCCCCC[C@H]1CC[C@H](c2ccc(OC(F)(F)F)cc2)CC1. The molecule has 0 unspecified atom stereocenters. The van der Waals surface area contributed by atoms with Gasteiger partial charge < -0.3 is 4.74 Å². The van der Waals surface area contributed by atoms with E-state index in [1.54, 1.807) is 12.1 Å². The van der Waals surface area contributed by atoms with Crippen LogP contribution in [-0.4, -0.2) is 6.36 Å². The Hall–Kier alpha value is -1.19. The first kappa shape index (κ1) is 22.1. The maximum Gasteiger partial charge on any atom is 0.573 e. The Kier molecular flexibility index (Phi) is 9.50. The van der Waals surface area contributed by atoms with Gasteiger partial charge in [-0.3, -0.25) is 0 Å². The lowest BCUT2D eigenvalue weighted by molar-refractivity contribution is -0.274. The van der Waals surface area contributed by atoms with Crippen LogP contribution in [0.25, 0.3) is 0 Å². The summed E-state index contributed by atoms with van der Waals surface area (Å²) < 4.78 is 40.7. The largest absolute Gasteiger partial charge is 0.573 e. The van der Waals surface area contributed by atoms with Gasteiger partial charge in [0.2, 0.25) is 0 Å². The predicted molar refractivity (Wildman–Crippen MR) is 105 cm³/mol. The van der Waals surface area contributed by atoms with Crippen LogP contribution in [0.2, 0.25) is 0 Å². The van der Waals surface area contributed by atoms with Crippen LogP contribution >= 0.6 is 0 Å². The molecule has 1 aliphatic carbocycles. The zero-order valence-electron chi connectivity index (χ0n) is 16.7. The molecule has 2 rings (SSSR count). The standard InChI is InChI=1S/C23H35F3O/c1-2-3-4-5-6-7-8-9-10-19-11-13-20(14-12-19)21-15-17-22(18-16-21)27-23(24,25)26/h15-20H,2-14H2,1H3/t19-,20-. The first-order valence-corrected chi connectivity index (χ1v) is 10.8. The summed E-state index contributed by atoms with van der Waals surface area (Å²) in [6.45, 7) is 2.26. The summed E-state index contributed by atoms with van der Waals surface area (Å²) in [7, 11) is 0. The monoisotopic (exact) mass is 384 g/mol. The topological polar surface area (TPSA) is 9.23 Å². The molecule has 0 saturated heterocycles. The highest BCUT2D eigenvalue weighted by atomic mass is 19.4. The van der Waals surface area contributed by atoms with Crippen LogP contribution in [0, 0.1) is 5.92 Å². The van der Waals surface area contributed by atoms with Crippen LogP contribution in [0.15, 0.2) is 24.3 Å². The molecule has 0 aliphatic heterocycles. The number of benzene rings is 1. The highest BCUT2D eigenvalue weighted by molar-refractivity contribution is 5.29. The molecule has 0 radical (unpaired) electrons. The van der Waals surface area contributed by atoms with Gasteiger partial charge in [0.05, 0.1) is 0 Å². The van der Waals surface area contributed by atoms with E-state index in [1.165, 1.54) is 82.8 Å². The van der Waals surface area contributed by atoms with E-state index in [0.717, 1.165) is 24.3 Å². The summed E-state index contributed by atoms with van der Waals surface area (Å²) in [6, 6.07) is 6.47. The van der Waals surface area contributed by atoms with Gasteiger partial charge >= 0.3 is 6.36 Å². The first-order valence-electron chi connectivity index (χ1n) is 10.8. The van der Waals surface area contributed by atoms with Crippen molar-refractivity contribution in [1.82, 2.24) is 0 Å². The highest BCUT2D eigenvalue weighted by Crippen LogP contribution is 2.38. The Balaban J connectivity index is 1.60. The maximum absolute atomic E-state index is 12.2. The van der Waals surface area contributed by atoms with Gasteiger partial charge in [0, 0.05) is 0 Å². The van der Waals surface area contributed by atoms with Gasteiger partial charge in [-0.05, 0) is 55.2 Å². The lowest BCUT2D eigenvalue weighted by atomic mass is 9.77. The van der Waals surface area contributed by atoms with E-state index >= 15 is 0 Å². The van der Waals surface area contributed by atoms with Crippen LogP contribution < -0.4 is 4.74 Å². The molecule has 27 heavy (non-hydrogen) atoms. The number of hydrogen-bond acceptors (Lipinski definition) is 1. The molecule has 0 atom stereocenters. The molecular weight excluding hydrogens is 349 g/mol. The summed E-state index contributed by atoms with van der Waals surface area (Å²) in [5, 5.41) is 0. The zero-order valence-corrected chi connectivity index (χ0v) is 16.7. The van der Waals surface area contributed by atoms with E-state index in [-0.39, 0.29) is 5.75 Å². The lowest BCUT2D eigenvalue weighted by Crippen LogP contribution is -2.17. The fraction of sp³-hybridized carbons (Fsp3) is 0.739. The molecule has 1 fully saturated rings. The molecule has 0 aromatic heterocycles. The summed E-state index contributed by atoms with van der Waals surface area (Å²) in [6.07, 6.45) is 12.5. The second-order valence-corrected chi connectivity index (χ2v) is 8.10. The average molecular weight is 385 g/mol. The minimum atomic E-state index is -4.62. The molecule has 1 saturated carbocycles. The number of alkyl halides is 3. The second kappa shape index (κ2) is 11.6. The van der Waals surface area contributed by atoms with Crippen molar-refractivity contribution >= 4 is 0 Å². The molecule has 1 aromatic carbocycles. The van der Waals surface area contributed by atoms with Gasteiger partial charge in [0.15, 0.2) is 0 Å². The van der Waals surface area contributed by atoms with Crippen LogP contribution in [0.5, 0.6) is 5.75 Å². The van der Waals surface area contributed by atoms with Gasteiger partial charge in [0.25, 0.3) is 0 Å². The zero-order chi connectivity index (χ0) is 19.5. The van der Waals surface area contributed by atoms with Crippen LogP contribution in [0.3, 0.4) is 0 Å². The van der Waals surface area contributed by atoms with Gasteiger partial charge in [-0.15, -0.1) is 13.2 Å². The number of ether oxygens (including phenoxy) is 1. The molecule has 0 N–H and O–H groups in total. The highest BCUT2D eigenvalue weighted by Gasteiger charge is 2.31. The van der Waals surface area contributed by atoms with Crippen LogP contribution in [0.1, 0.15) is 102 Å². The normalized spacial score (nSPS) is 20.6. The number of hydrogen-bond donors (Lipinski definition) is 0. The number of rotatable bonds is 11. The number of halogens is 3. The van der Waals surface area contributed by atoms with Crippen molar-refractivity contribution in [2.24, 2.45) is 5.92 Å².